The lowest BCUT2D eigenvalue weighted by molar-refractivity contribution is 1.01. The maximum Gasteiger partial charge on any atom is 0.272 e. The number of aromatic nitrogens is 2. The lowest BCUT2D eigenvalue weighted by atomic mass is 10.1. The minimum Gasteiger partial charge on any atom is -0.267 e. The number of fused-ring (bicyclic) bond motifs is 1. The summed E-state index contributed by atoms with van der Waals surface area (Å²) >= 11 is 5.54. The van der Waals surface area contributed by atoms with Crippen LogP contribution in [-0.4, -0.2) is 16.1 Å². The molecule has 1 aromatic heterocycles. The normalized spacial score (nSPS) is 11.3. The van der Waals surface area contributed by atoms with Crippen molar-refractivity contribution in [2.75, 3.05) is 5.88 Å². The monoisotopic (exact) mass is 220 g/mol. The zero-order valence-electron chi connectivity index (χ0n) is 7.90. The van der Waals surface area contributed by atoms with Crippen LogP contribution in [0.2, 0.25) is 0 Å². The summed E-state index contributed by atoms with van der Waals surface area (Å²) < 4.78 is 0. The zero-order valence-corrected chi connectivity index (χ0v) is 8.66. The highest BCUT2D eigenvalue weighted by Gasteiger charge is 1.97. The Labute approximate surface area is 91.4 Å². The Morgan fingerprint density at radius 3 is 3.13 bits per heavy atom. The fourth-order valence-corrected chi connectivity index (χ4v) is 1.49. The average molecular weight is 221 g/mol. The van der Waals surface area contributed by atoms with Gasteiger partial charge in [-0.15, -0.1) is 11.6 Å². The summed E-state index contributed by atoms with van der Waals surface area (Å²) in [5.41, 5.74) is 0.843. The van der Waals surface area contributed by atoms with Gasteiger partial charge in [-0.25, -0.2) is 5.10 Å². The van der Waals surface area contributed by atoms with Crippen LogP contribution in [0.1, 0.15) is 5.56 Å². The first-order valence-corrected chi connectivity index (χ1v) is 5.04. The van der Waals surface area contributed by atoms with Crippen molar-refractivity contribution in [3.8, 4) is 0 Å². The fourth-order valence-electron chi connectivity index (χ4n) is 1.40. The van der Waals surface area contributed by atoms with Crippen LogP contribution in [0.4, 0.5) is 0 Å². The summed E-state index contributed by atoms with van der Waals surface area (Å²) in [7, 11) is 0. The topological polar surface area (TPSA) is 45.8 Å². The molecule has 2 rings (SSSR count). The van der Waals surface area contributed by atoms with Gasteiger partial charge in [0.1, 0.15) is 0 Å². The van der Waals surface area contributed by atoms with E-state index in [1.165, 1.54) is 0 Å². The third-order valence-electron chi connectivity index (χ3n) is 2.09. The van der Waals surface area contributed by atoms with Crippen LogP contribution in [0.15, 0.2) is 35.3 Å². The molecule has 0 saturated carbocycles. The van der Waals surface area contributed by atoms with Gasteiger partial charge >= 0.3 is 0 Å². The summed E-state index contributed by atoms with van der Waals surface area (Å²) in [6.45, 7) is 0. The molecule has 0 aliphatic rings. The summed E-state index contributed by atoms with van der Waals surface area (Å²) in [6, 6.07) is 5.56. The molecule has 3 nitrogen and oxygen atoms in total. The Kier molecular flexibility index (Phi) is 2.83. The molecule has 76 valence electrons. The molecule has 2 aromatic rings. The van der Waals surface area contributed by atoms with Crippen LogP contribution in [0.3, 0.4) is 0 Å². The number of nitrogens with zero attached hydrogens (tertiary/aromatic N) is 1. The smallest absolute Gasteiger partial charge is 0.267 e. The second-order valence-corrected chi connectivity index (χ2v) is 3.41. The third-order valence-corrected chi connectivity index (χ3v) is 2.27. The molecule has 0 unspecified atom stereocenters. The largest absolute Gasteiger partial charge is 0.272 e. The summed E-state index contributed by atoms with van der Waals surface area (Å²) in [5, 5.41) is 7.61. The molecular formula is C11H9ClN2O. The number of halogens is 1. The second-order valence-electron chi connectivity index (χ2n) is 3.10. The van der Waals surface area contributed by atoms with E-state index in [0.717, 1.165) is 10.9 Å². The van der Waals surface area contributed by atoms with Crippen LogP contribution < -0.4 is 5.56 Å². The molecule has 0 fully saturated rings. The maximum atomic E-state index is 11.3. The first-order valence-electron chi connectivity index (χ1n) is 4.51. The van der Waals surface area contributed by atoms with Gasteiger partial charge in [0.2, 0.25) is 0 Å². The van der Waals surface area contributed by atoms with E-state index >= 15 is 0 Å². The van der Waals surface area contributed by atoms with Crippen molar-refractivity contribution in [3.05, 3.63) is 46.4 Å². The molecule has 0 atom stereocenters. The number of rotatable bonds is 2. The van der Waals surface area contributed by atoms with Gasteiger partial charge in [0.15, 0.2) is 0 Å². The summed E-state index contributed by atoms with van der Waals surface area (Å²) in [5.74, 6) is 0.478. The predicted molar refractivity (Wildman–Crippen MR) is 62.1 cm³/mol. The van der Waals surface area contributed by atoms with Crippen LogP contribution >= 0.6 is 11.6 Å². The van der Waals surface area contributed by atoms with Gasteiger partial charge < -0.3 is 0 Å². The van der Waals surface area contributed by atoms with Crippen molar-refractivity contribution < 1.29 is 0 Å². The van der Waals surface area contributed by atoms with Gasteiger partial charge in [-0.05, 0) is 17.7 Å². The molecule has 4 heteroatoms. The standard InChI is InChI=1S/C11H9ClN2O/c12-5-1-2-8-3-4-10-9(6-8)7-13-14-11(10)15/h1-4,6-7H,5H2,(H,14,15). The first kappa shape index (κ1) is 9.93. The number of aromatic amines is 1. The van der Waals surface area contributed by atoms with Gasteiger partial charge in [-0.2, -0.15) is 5.10 Å². The van der Waals surface area contributed by atoms with E-state index in [4.69, 9.17) is 11.6 Å². The Morgan fingerprint density at radius 1 is 1.47 bits per heavy atom. The van der Waals surface area contributed by atoms with Crippen LogP contribution in [-0.2, 0) is 0 Å². The van der Waals surface area contributed by atoms with E-state index in [-0.39, 0.29) is 5.56 Å². The number of allylic oxidation sites excluding steroid dienone is 1. The van der Waals surface area contributed by atoms with Crippen molar-refractivity contribution in [3.63, 3.8) is 0 Å². The van der Waals surface area contributed by atoms with Gasteiger partial charge in [-0.3, -0.25) is 4.79 Å². The molecule has 15 heavy (non-hydrogen) atoms. The Balaban J connectivity index is 2.57. The van der Waals surface area contributed by atoms with E-state index in [2.05, 4.69) is 10.2 Å². The maximum absolute atomic E-state index is 11.3. The van der Waals surface area contributed by atoms with Gasteiger partial charge in [0.05, 0.1) is 11.6 Å². The summed E-state index contributed by atoms with van der Waals surface area (Å²) in [4.78, 5) is 11.3. The number of hydrogen-bond acceptors (Lipinski definition) is 2. The highest BCUT2D eigenvalue weighted by atomic mass is 35.5. The summed E-state index contributed by atoms with van der Waals surface area (Å²) in [6.07, 6.45) is 5.39. The van der Waals surface area contributed by atoms with Crippen molar-refractivity contribution >= 4 is 28.4 Å². The molecule has 0 amide bonds. The van der Waals surface area contributed by atoms with E-state index in [1.54, 1.807) is 12.3 Å². The fraction of sp³-hybridized carbons (Fsp3) is 0.0909. The number of nitrogens with one attached hydrogen (secondary N) is 1. The number of benzene rings is 1. The lowest BCUT2D eigenvalue weighted by Gasteiger charge is -1.97. The van der Waals surface area contributed by atoms with Gasteiger partial charge in [0, 0.05) is 11.3 Å². The van der Waals surface area contributed by atoms with Gasteiger partial charge in [-0.1, -0.05) is 18.2 Å². The van der Waals surface area contributed by atoms with E-state index in [0.29, 0.717) is 11.3 Å². The van der Waals surface area contributed by atoms with E-state index in [9.17, 15) is 4.79 Å². The highest BCUT2D eigenvalue weighted by molar-refractivity contribution is 6.19. The van der Waals surface area contributed by atoms with Crippen molar-refractivity contribution in [1.82, 2.24) is 10.2 Å². The Morgan fingerprint density at radius 2 is 2.33 bits per heavy atom. The van der Waals surface area contributed by atoms with Crippen molar-refractivity contribution in [1.29, 1.82) is 0 Å². The minimum absolute atomic E-state index is 0.166. The van der Waals surface area contributed by atoms with Crippen LogP contribution in [0.25, 0.3) is 16.8 Å². The molecule has 1 aromatic carbocycles. The zero-order chi connectivity index (χ0) is 10.7. The molecular weight excluding hydrogens is 212 g/mol. The van der Waals surface area contributed by atoms with Gasteiger partial charge in [0.25, 0.3) is 5.56 Å². The minimum atomic E-state index is -0.166. The van der Waals surface area contributed by atoms with E-state index in [1.807, 2.05) is 24.3 Å². The number of H-pyrrole nitrogens is 1. The van der Waals surface area contributed by atoms with E-state index < -0.39 is 0 Å². The number of hydrogen-bond donors (Lipinski definition) is 1. The molecule has 0 radical (unpaired) electrons. The third kappa shape index (κ3) is 2.07. The second kappa shape index (κ2) is 4.28. The lowest BCUT2D eigenvalue weighted by Crippen LogP contribution is -2.06. The average Bonchev–Trinajstić information content (AvgIpc) is 2.26. The number of alkyl halides is 1. The Bertz CT molecular complexity index is 560. The van der Waals surface area contributed by atoms with Crippen molar-refractivity contribution in [2.24, 2.45) is 0 Å². The van der Waals surface area contributed by atoms with Crippen LogP contribution in [0, 0.1) is 0 Å². The molecule has 0 bridgehead atoms. The first-order chi connectivity index (χ1) is 7.31. The molecule has 0 aliphatic carbocycles. The molecule has 0 aliphatic heterocycles. The highest BCUT2D eigenvalue weighted by Crippen LogP contribution is 2.12. The molecule has 0 spiro atoms. The quantitative estimate of drug-likeness (QED) is 0.789. The molecule has 1 N–H and O–H groups in total. The Hall–Kier alpha value is -1.61. The molecule has 1 heterocycles. The predicted octanol–water partition coefficient (Wildman–Crippen LogP) is 2.18. The van der Waals surface area contributed by atoms with Crippen molar-refractivity contribution in [2.45, 2.75) is 0 Å². The molecule has 0 saturated heterocycles. The van der Waals surface area contributed by atoms with Crippen LogP contribution in [0.5, 0.6) is 0 Å². The SMILES string of the molecule is O=c1[nH]ncc2cc(C=CCCl)ccc12.